The van der Waals surface area contributed by atoms with Crippen molar-refractivity contribution in [3.05, 3.63) is 54.6 Å². The summed E-state index contributed by atoms with van der Waals surface area (Å²) in [4.78, 5) is 33.8. The molecule has 1 aliphatic rings. The predicted octanol–water partition coefficient (Wildman–Crippen LogP) is 1.88. The molecular weight excluding hydrogens is 396 g/mol. The molecule has 1 aliphatic heterocycles. The lowest BCUT2D eigenvalue weighted by atomic mass is 10.1. The Labute approximate surface area is 180 Å². The molecule has 9 heteroatoms. The number of anilines is 1. The molecule has 0 bridgehead atoms. The van der Waals surface area contributed by atoms with Gasteiger partial charge in [0.15, 0.2) is 5.82 Å². The number of hydrogen-bond acceptors (Lipinski definition) is 6. The van der Waals surface area contributed by atoms with Gasteiger partial charge in [-0.05, 0) is 26.1 Å². The third-order valence-electron chi connectivity index (χ3n) is 5.42. The van der Waals surface area contributed by atoms with Gasteiger partial charge < -0.3 is 14.6 Å². The molecule has 4 rings (SSSR count). The summed E-state index contributed by atoms with van der Waals surface area (Å²) in [5.41, 5.74) is 1.44. The van der Waals surface area contributed by atoms with Crippen molar-refractivity contribution in [3.63, 3.8) is 0 Å². The zero-order chi connectivity index (χ0) is 21.8. The maximum absolute atomic E-state index is 12.9. The minimum Gasteiger partial charge on any atom is -0.444 e. The fourth-order valence-corrected chi connectivity index (χ4v) is 3.57. The van der Waals surface area contributed by atoms with Crippen LogP contribution in [0.2, 0.25) is 0 Å². The van der Waals surface area contributed by atoms with Crippen molar-refractivity contribution >= 4 is 17.6 Å². The van der Waals surface area contributed by atoms with E-state index in [1.54, 1.807) is 15.6 Å². The van der Waals surface area contributed by atoms with Crippen LogP contribution in [0.5, 0.6) is 0 Å². The zero-order valence-corrected chi connectivity index (χ0v) is 17.7. The summed E-state index contributed by atoms with van der Waals surface area (Å²) in [6.45, 7) is 4.21. The number of likely N-dealkylation sites (N-methyl/N-ethyl adjacent to an activating group) is 1. The van der Waals surface area contributed by atoms with Gasteiger partial charge in [-0.1, -0.05) is 18.2 Å². The van der Waals surface area contributed by atoms with Crippen LogP contribution in [0.15, 0.2) is 53.3 Å². The van der Waals surface area contributed by atoms with Crippen LogP contribution in [-0.2, 0) is 22.6 Å². The van der Waals surface area contributed by atoms with Crippen LogP contribution in [0.3, 0.4) is 0 Å². The molecule has 1 saturated heterocycles. The van der Waals surface area contributed by atoms with Gasteiger partial charge in [-0.15, -0.1) is 0 Å². The molecule has 1 N–H and O–H groups in total. The first-order chi connectivity index (χ1) is 15.0. The van der Waals surface area contributed by atoms with E-state index in [1.165, 1.54) is 6.26 Å². The third kappa shape index (κ3) is 4.83. The second-order valence-corrected chi connectivity index (χ2v) is 7.57. The molecule has 162 valence electrons. The van der Waals surface area contributed by atoms with E-state index in [1.807, 2.05) is 55.4 Å². The molecule has 0 aliphatic carbocycles. The second kappa shape index (κ2) is 9.13. The Morgan fingerprint density at radius 2 is 2.00 bits per heavy atom. The van der Waals surface area contributed by atoms with Gasteiger partial charge in [-0.25, -0.2) is 4.98 Å². The number of rotatable bonds is 6. The summed E-state index contributed by atoms with van der Waals surface area (Å²) >= 11 is 0. The summed E-state index contributed by atoms with van der Waals surface area (Å²) < 4.78 is 7.28. The molecule has 2 aromatic heterocycles. The largest absolute Gasteiger partial charge is 0.444 e. The molecule has 3 aromatic rings. The molecule has 0 spiro atoms. The van der Waals surface area contributed by atoms with Crippen LogP contribution in [0, 0.1) is 0 Å². The van der Waals surface area contributed by atoms with Crippen molar-refractivity contribution in [2.75, 3.05) is 32.0 Å². The number of aromatic nitrogens is 3. The summed E-state index contributed by atoms with van der Waals surface area (Å²) in [6, 6.07) is 10.9. The summed E-state index contributed by atoms with van der Waals surface area (Å²) in [5.74, 6) is 0.758. The third-order valence-corrected chi connectivity index (χ3v) is 5.42. The molecule has 3 heterocycles. The van der Waals surface area contributed by atoms with E-state index in [0.29, 0.717) is 37.0 Å². The van der Waals surface area contributed by atoms with Crippen LogP contribution in [0.25, 0.3) is 11.5 Å². The van der Waals surface area contributed by atoms with E-state index < -0.39 is 6.04 Å². The van der Waals surface area contributed by atoms with Crippen LogP contribution >= 0.6 is 0 Å². The number of oxazole rings is 1. The smallest absolute Gasteiger partial charge is 0.244 e. The SMILES string of the molecule is CCn1ccc(NC(=O)C2CN(C(=O)Cc3coc(-c4ccccc4)n3)CCN2C)n1. The maximum Gasteiger partial charge on any atom is 0.244 e. The molecule has 31 heavy (non-hydrogen) atoms. The van der Waals surface area contributed by atoms with Gasteiger partial charge in [0.05, 0.1) is 12.1 Å². The van der Waals surface area contributed by atoms with Gasteiger partial charge in [0, 0.05) is 44.0 Å². The number of amides is 2. The average Bonchev–Trinajstić information content (AvgIpc) is 3.44. The van der Waals surface area contributed by atoms with Gasteiger partial charge in [0.1, 0.15) is 12.3 Å². The molecule has 1 atom stereocenters. The lowest BCUT2D eigenvalue weighted by Gasteiger charge is -2.38. The first-order valence-electron chi connectivity index (χ1n) is 10.4. The van der Waals surface area contributed by atoms with Gasteiger partial charge >= 0.3 is 0 Å². The van der Waals surface area contributed by atoms with E-state index >= 15 is 0 Å². The van der Waals surface area contributed by atoms with Crippen LogP contribution < -0.4 is 5.32 Å². The van der Waals surface area contributed by atoms with E-state index in [-0.39, 0.29) is 18.2 Å². The van der Waals surface area contributed by atoms with Crippen molar-refractivity contribution < 1.29 is 14.0 Å². The molecule has 0 radical (unpaired) electrons. The first-order valence-corrected chi connectivity index (χ1v) is 10.4. The number of benzene rings is 1. The first kappa shape index (κ1) is 20.8. The number of nitrogens with one attached hydrogen (secondary N) is 1. The zero-order valence-electron chi connectivity index (χ0n) is 17.7. The maximum atomic E-state index is 12.9. The molecule has 2 amide bonds. The van der Waals surface area contributed by atoms with E-state index in [9.17, 15) is 9.59 Å². The Morgan fingerprint density at radius 3 is 2.74 bits per heavy atom. The van der Waals surface area contributed by atoms with Gasteiger partial charge in [-0.3, -0.25) is 19.2 Å². The quantitative estimate of drug-likeness (QED) is 0.652. The molecule has 9 nitrogen and oxygen atoms in total. The summed E-state index contributed by atoms with van der Waals surface area (Å²) in [5, 5.41) is 7.14. The van der Waals surface area contributed by atoms with E-state index in [4.69, 9.17) is 4.42 Å². The highest BCUT2D eigenvalue weighted by molar-refractivity contribution is 5.94. The lowest BCUT2D eigenvalue weighted by molar-refractivity contribution is -0.135. The summed E-state index contributed by atoms with van der Waals surface area (Å²) in [7, 11) is 1.89. The second-order valence-electron chi connectivity index (χ2n) is 7.57. The Bertz CT molecular complexity index is 1040. The predicted molar refractivity (Wildman–Crippen MR) is 115 cm³/mol. The van der Waals surface area contributed by atoms with Crippen LogP contribution in [0.4, 0.5) is 5.82 Å². The van der Waals surface area contributed by atoms with Gasteiger partial charge in [0.25, 0.3) is 0 Å². The minimum atomic E-state index is -0.443. The van der Waals surface area contributed by atoms with E-state index in [0.717, 1.165) is 12.1 Å². The molecular formula is C22H26N6O3. The standard InChI is InChI=1S/C22H26N6O3/c1-3-28-10-9-19(25-28)24-21(30)18-14-27(12-11-26(18)2)20(29)13-17-15-31-22(23-17)16-7-5-4-6-8-16/h4-10,15,18H,3,11-14H2,1-2H3,(H,24,25,30). The summed E-state index contributed by atoms with van der Waals surface area (Å²) in [6.07, 6.45) is 3.47. The highest BCUT2D eigenvalue weighted by atomic mass is 16.3. The number of piperazine rings is 1. The van der Waals surface area contributed by atoms with Crippen molar-refractivity contribution in [1.82, 2.24) is 24.6 Å². The van der Waals surface area contributed by atoms with Crippen LogP contribution in [-0.4, -0.2) is 69.1 Å². The van der Waals surface area contributed by atoms with E-state index in [2.05, 4.69) is 15.4 Å². The monoisotopic (exact) mass is 422 g/mol. The van der Waals surface area contributed by atoms with Gasteiger partial charge in [0.2, 0.25) is 17.7 Å². The fraction of sp³-hybridized carbons (Fsp3) is 0.364. The number of nitrogens with zero attached hydrogens (tertiary/aromatic N) is 5. The molecule has 0 saturated carbocycles. The average molecular weight is 422 g/mol. The van der Waals surface area contributed by atoms with Crippen molar-refractivity contribution in [3.8, 4) is 11.5 Å². The highest BCUT2D eigenvalue weighted by Crippen LogP contribution is 2.19. The molecule has 1 fully saturated rings. The Morgan fingerprint density at radius 1 is 1.19 bits per heavy atom. The number of aryl methyl sites for hydroxylation is 1. The van der Waals surface area contributed by atoms with Gasteiger partial charge in [-0.2, -0.15) is 5.10 Å². The van der Waals surface area contributed by atoms with Crippen molar-refractivity contribution in [1.29, 1.82) is 0 Å². The number of carbonyl (C=O) groups excluding carboxylic acids is 2. The number of carbonyl (C=O) groups is 2. The lowest BCUT2D eigenvalue weighted by Crippen LogP contribution is -2.57. The Hall–Kier alpha value is -3.46. The molecule has 1 aromatic carbocycles. The molecule has 1 unspecified atom stereocenters. The van der Waals surface area contributed by atoms with Crippen LogP contribution in [0.1, 0.15) is 12.6 Å². The highest BCUT2D eigenvalue weighted by Gasteiger charge is 2.32. The number of hydrogen-bond donors (Lipinski definition) is 1. The normalized spacial score (nSPS) is 17.0. The topological polar surface area (TPSA) is 96.5 Å². The fourth-order valence-electron chi connectivity index (χ4n) is 3.57. The minimum absolute atomic E-state index is 0.0749. The Kier molecular flexibility index (Phi) is 6.13. The van der Waals surface area contributed by atoms with Crippen molar-refractivity contribution in [2.24, 2.45) is 0 Å². The Balaban J connectivity index is 1.37. The van der Waals surface area contributed by atoms with Crippen molar-refractivity contribution in [2.45, 2.75) is 25.9 Å².